The van der Waals surface area contributed by atoms with Gasteiger partial charge in [0.1, 0.15) is 11.3 Å². The van der Waals surface area contributed by atoms with Gasteiger partial charge in [0.2, 0.25) is 5.89 Å². The number of ether oxygens (including phenoxy) is 1. The SMILES string of the molecule is CCCc1cc(=O)oc2cc(OCc3nnc(-c4ccccc4Cl)o3)ccc12. The van der Waals surface area contributed by atoms with Gasteiger partial charge in [-0.25, -0.2) is 4.79 Å². The van der Waals surface area contributed by atoms with Crippen molar-refractivity contribution >= 4 is 22.6 Å². The zero-order valence-electron chi connectivity index (χ0n) is 15.1. The molecule has 0 aliphatic carbocycles. The van der Waals surface area contributed by atoms with E-state index in [0.717, 1.165) is 23.8 Å². The Morgan fingerprint density at radius 2 is 1.93 bits per heavy atom. The van der Waals surface area contributed by atoms with Gasteiger partial charge >= 0.3 is 5.63 Å². The van der Waals surface area contributed by atoms with Crippen LogP contribution in [0.25, 0.3) is 22.4 Å². The van der Waals surface area contributed by atoms with E-state index in [9.17, 15) is 4.79 Å². The molecule has 0 aliphatic heterocycles. The number of hydrogen-bond donors (Lipinski definition) is 0. The van der Waals surface area contributed by atoms with Crippen LogP contribution < -0.4 is 10.4 Å². The number of rotatable bonds is 6. The van der Waals surface area contributed by atoms with Gasteiger partial charge in [-0.3, -0.25) is 0 Å². The van der Waals surface area contributed by atoms with Gasteiger partial charge in [0.15, 0.2) is 6.61 Å². The first kappa shape index (κ1) is 18.3. The summed E-state index contributed by atoms with van der Waals surface area (Å²) in [5.74, 6) is 1.19. The number of fused-ring (bicyclic) bond motifs is 1. The van der Waals surface area contributed by atoms with Crippen LogP contribution in [0.15, 0.2) is 62.2 Å². The van der Waals surface area contributed by atoms with Crippen molar-refractivity contribution in [2.75, 3.05) is 0 Å². The molecular weight excluding hydrogens is 380 g/mol. The molecule has 2 aromatic heterocycles. The van der Waals surface area contributed by atoms with Crippen molar-refractivity contribution in [3.05, 3.63) is 75.4 Å². The first-order valence-electron chi connectivity index (χ1n) is 8.91. The van der Waals surface area contributed by atoms with Crippen molar-refractivity contribution in [1.29, 1.82) is 0 Å². The molecule has 28 heavy (non-hydrogen) atoms. The smallest absolute Gasteiger partial charge is 0.336 e. The van der Waals surface area contributed by atoms with Gasteiger partial charge in [-0.05, 0) is 36.2 Å². The topological polar surface area (TPSA) is 78.4 Å². The third kappa shape index (κ3) is 3.77. The van der Waals surface area contributed by atoms with E-state index < -0.39 is 0 Å². The molecule has 0 aliphatic rings. The second-order valence-corrected chi connectivity index (χ2v) is 6.68. The molecule has 0 saturated heterocycles. The molecule has 0 saturated carbocycles. The number of hydrogen-bond acceptors (Lipinski definition) is 6. The Bertz CT molecular complexity index is 1180. The van der Waals surface area contributed by atoms with Crippen molar-refractivity contribution in [3.63, 3.8) is 0 Å². The van der Waals surface area contributed by atoms with Gasteiger partial charge in [0.05, 0.1) is 10.6 Å². The van der Waals surface area contributed by atoms with Gasteiger partial charge in [0.25, 0.3) is 5.89 Å². The van der Waals surface area contributed by atoms with E-state index in [1.54, 1.807) is 24.3 Å². The molecule has 0 radical (unpaired) electrons. The van der Waals surface area contributed by atoms with Gasteiger partial charge in [0, 0.05) is 17.5 Å². The predicted molar refractivity (Wildman–Crippen MR) is 106 cm³/mol. The number of aryl methyl sites for hydroxylation is 1. The van der Waals surface area contributed by atoms with E-state index in [2.05, 4.69) is 17.1 Å². The monoisotopic (exact) mass is 396 g/mol. The van der Waals surface area contributed by atoms with Crippen LogP contribution in [-0.4, -0.2) is 10.2 Å². The van der Waals surface area contributed by atoms with Crippen LogP contribution in [0.5, 0.6) is 5.75 Å². The van der Waals surface area contributed by atoms with E-state index in [1.165, 1.54) is 0 Å². The Hall–Kier alpha value is -3.12. The van der Waals surface area contributed by atoms with E-state index in [4.69, 9.17) is 25.2 Å². The van der Waals surface area contributed by atoms with E-state index in [1.807, 2.05) is 24.3 Å². The highest BCUT2D eigenvalue weighted by molar-refractivity contribution is 6.33. The van der Waals surface area contributed by atoms with Gasteiger partial charge in [-0.1, -0.05) is 37.1 Å². The van der Waals surface area contributed by atoms with Crippen LogP contribution in [0.2, 0.25) is 5.02 Å². The molecule has 0 amide bonds. The highest BCUT2D eigenvalue weighted by atomic mass is 35.5. The fourth-order valence-corrected chi connectivity index (χ4v) is 3.19. The molecule has 0 bridgehead atoms. The Morgan fingerprint density at radius 3 is 2.75 bits per heavy atom. The number of halogens is 1. The van der Waals surface area contributed by atoms with Crippen molar-refractivity contribution in [2.24, 2.45) is 0 Å². The van der Waals surface area contributed by atoms with E-state index >= 15 is 0 Å². The molecule has 4 rings (SSSR count). The summed E-state index contributed by atoms with van der Waals surface area (Å²) < 4.78 is 16.7. The van der Waals surface area contributed by atoms with Crippen LogP contribution in [0.4, 0.5) is 0 Å². The fraction of sp³-hybridized carbons (Fsp3) is 0.190. The quantitative estimate of drug-likeness (QED) is 0.425. The summed E-state index contributed by atoms with van der Waals surface area (Å²) in [6.45, 7) is 2.15. The minimum absolute atomic E-state index is 0.0852. The fourth-order valence-electron chi connectivity index (χ4n) is 2.98. The second kappa shape index (κ2) is 7.86. The van der Waals surface area contributed by atoms with Gasteiger partial charge in [-0.15, -0.1) is 10.2 Å². The number of nitrogens with zero attached hydrogens (tertiary/aromatic N) is 2. The highest BCUT2D eigenvalue weighted by Gasteiger charge is 2.12. The zero-order chi connectivity index (χ0) is 19.5. The standard InChI is InChI=1S/C21H17ClN2O4/c1-2-5-13-10-20(25)27-18-11-14(8-9-15(13)18)26-12-19-23-24-21(28-19)16-6-3-4-7-17(16)22/h3-4,6-11H,2,5,12H2,1H3. The first-order valence-corrected chi connectivity index (χ1v) is 9.28. The molecule has 0 spiro atoms. The summed E-state index contributed by atoms with van der Waals surface area (Å²) in [4.78, 5) is 11.8. The Labute approximate surface area is 165 Å². The lowest BCUT2D eigenvalue weighted by atomic mass is 10.1. The molecule has 2 aromatic carbocycles. The van der Waals surface area contributed by atoms with Crippen molar-refractivity contribution < 1.29 is 13.6 Å². The summed E-state index contributed by atoms with van der Waals surface area (Å²) >= 11 is 6.15. The van der Waals surface area contributed by atoms with E-state index in [-0.39, 0.29) is 12.2 Å². The summed E-state index contributed by atoms with van der Waals surface area (Å²) in [7, 11) is 0. The maximum atomic E-state index is 11.8. The molecule has 6 nitrogen and oxygen atoms in total. The summed E-state index contributed by atoms with van der Waals surface area (Å²) in [6, 6.07) is 14.2. The largest absolute Gasteiger partial charge is 0.484 e. The first-order chi connectivity index (χ1) is 13.6. The number of benzene rings is 2. The molecule has 7 heteroatoms. The van der Waals surface area contributed by atoms with Gasteiger partial charge in [-0.2, -0.15) is 0 Å². The minimum Gasteiger partial charge on any atom is -0.484 e. The molecule has 4 aromatic rings. The second-order valence-electron chi connectivity index (χ2n) is 6.27. The minimum atomic E-state index is -0.366. The zero-order valence-corrected chi connectivity index (χ0v) is 15.9. The molecule has 0 unspecified atom stereocenters. The molecule has 2 heterocycles. The lowest BCUT2D eigenvalue weighted by molar-refractivity contribution is 0.264. The van der Waals surface area contributed by atoms with Crippen LogP contribution in [-0.2, 0) is 13.0 Å². The van der Waals surface area contributed by atoms with Crippen LogP contribution >= 0.6 is 11.6 Å². The Kier molecular flexibility index (Phi) is 5.12. The normalized spacial score (nSPS) is 11.1. The number of aromatic nitrogens is 2. The maximum absolute atomic E-state index is 11.8. The van der Waals surface area contributed by atoms with Crippen LogP contribution in [0.1, 0.15) is 24.8 Å². The predicted octanol–water partition coefficient (Wildman–Crippen LogP) is 5.03. The lowest BCUT2D eigenvalue weighted by Crippen LogP contribution is -2.01. The third-order valence-electron chi connectivity index (χ3n) is 4.25. The van der Waals surface area contributed by atoms with Gasteiger partial charge < -0.3 is 13.6 Å². The summed E-state index contributed by atoms with van der Waals surface area (Å²) in [5.41, 5.74) is 1.77. The van der Waals surface area contributed by atoms with Crippen LogP contribution in [0, 0.1) is 0 Å². The summed E-state index contributed by atoms with van der Waals surface area (Å²) in [5, 5.41) is 9.45. The average Bonchev–Trinajstić information content (AvgIpc) is 3.15. The average molecular weight is 397 g/mol. The molecule has 0 atom stereocenters. The Balaban J connectivity index is 1.53. The molecule has 142 valence electrons. The van der Waals surface area contributed by atoms with Crippen molar-refractivity contribution in [2.45, 2.75) is 26.4 Å². The summed E-state index contributed by atoms with van der Waals surface area (Å²) in [6.07, 6.45) is 1.76. The van der Waals surface area contributed by atoms with Crippen LogP contribution in [0.3, 0.4) is 0 Å². The molecule has 0 fully saturated rings. The lowest BCUT2D eigenvalue weighted by Gasteiger charge is -2.07. The van der Waals surface area contributed by atoms with Crippen molar-refractivity contribution in [1.82, 2.24) is 10.2 Å². The molecular formula is C21H17ClN2O4. The van der Waals surface area contributed by atoms with E-state index in [0.29, 0.717) is 33.7 Å². The van der Waals surface area contributed by atoms with Crippen molar-refractivity contribution in [3.8, 4) is 17.2 Å². The molecule has 0 N–H and O–H groups in total. The third-order valence-corrected chi connectivity index (χ3v) is 4.58. The maximum Gasteiger partial charge on any atom is 0.336 e. The Morgan fingerprint density at radius 1 is 1.07 bits per heavy atom. The highest BCUT2D eigenvalue weighted by Crippen LogP contribution is 2.27.